The van der Waals surface area contributed by atoms with Gasteiger partial charge in [0.05, 0.1) is 13.2 Å². The Hall–Kier alpha value is -2.69. The van der Waals surface area contributed by atoms with Gasteiger partial charge in [-0.2, -0.15) is 0 Å². The van der Waals surface area contributed by atoms with Crippen molar-refractivity contribution in [2.24, 2.45) is 0 Å². The van der Waals surface area contributed by atoms with Gasteiger partial charge >= 0.3 is 6.03 Å². The lowest BCUT2D eigenvalue weighted by molar-refractivity contribution is 0.115. The number of carbonyl (C=O) groups is 1. The third-order valence-corrected chi connectivity index (χ3v) is 6.16. The molecule has 1 aromatic carbocycles. The highest BCUT2D eigenvalue weighted by atomic mass is 32.1. The first-order valence-electron chi connectivity index (χ1n) is 10.2. The van der Waals surface area contributed by atoms with Crippen LogP contribution in [0.25, 0.3) is 21.3 Å². The van der Waals surface area contributed by atoms with Gasteiger partial charge in [-0.15, -0.1) is 10.2 Å². The van der Waals surface area contributed by atoms with Crippen LogP contribution in [-0.4, -0.2) is 71.7 Å². The number of aromatic nitrogens is 3. The van der Waals surface area contributed by atoms with E-state index in [9.17, 15) is 9.18 Å². The molecular weight excluding hydrogens is 419 g/mol. The van der Waals surface area contributed by atoms with Crippen LogP contribution in [0, 0.1) is 6.92 Å². The monoisotopic (exact) mass is 444 g/mol. The van der Waals surface area contributed by atoms with Crippen molar-refractivity contribution in [3.63, 3.8) is 0 Å². The molecule has 10 heteroatoms. The number of likely N-dealkylation sites (tertiary alicyclic amines) is 1. The topological polar surface area (TPSA) is 92.3 Å². The fourth-order valence-electron chi connectivity index (χ4n) is 3.61. The normalized spacial score (nSPS) is 19.0. The standard InChI is InChI=1S/C21H25FN6O2S/c1-13-26-27-20(31-13)14-3-4-15-11-24-19(10-16(15)9-14)25-21(29)28-7-5-18(17(22)12-28)23-6-8-30-2/h3-4,9-11,17-18,23H,5-8,12H2,1-2H3,(H,24,25,29)/t17-,18?/m0/s1. The number of amides is 2. The maximum atomic E-state index is 14.5. The maximum Gasteiger partial charge on any atom is 0.323 e. The molecule has 1 fully saturated rings. The molecule has 1 unspecified atom stereocenters. The van der Waals surface area contributed by atoms with Crippen molar-refractivity contribution in [2.75, 3.05) is 38.7 Å². The Morgan fingerprint density at radius 1 is 1.32 bits per heavy atom. The number of halogens is 1. The van der Waals surface area contributed by atoms with Gasteiger partial charge in [0.2, 0.25) is 0 Å². The second kappa shape index (κ2) is 9.63. The fraction of sp³-hybridized carbons (Fsp3) is 0.429. The van der Waals surface area contributed by atoms with E-state index in [1.54, 1.807) is 13.3 Å². The fourth-order valence-corrected chi connectivity index (χ4v) is 4.30. The summed E-state index contributed by atoms with van der Waals surface area (Å²) in [6, 6.07) is 7.16. The molecule has 0 bridgehead atoms. The molecule has 0 saturated carbocycles. The van der Waals surface area contributed by atoms with Crippen LogP contribution in [0.5, 0.6) is 0 Å². The van der Waals surface area contributed by atoms with Crippen LogP contribution in [0.15, 0.2) is 30.5 Å². The number of methoxy groups -OCH3 is 1. The number of benzene rings is 1. The second-order valence-corrected chi connectivity index (χ2v) is 8.67. The molecule has 8 nitrogen and oxygen atoms in total. The van der Waals surface area contributed by atoms with Gasteiger partial charge < -0.3 is 15.0 Å². The summed E-state index contributed by atoms with van der Waals surface area (Å²) in [6.45, 7) is 3.56. The van der Waals surface area contributed by atoms with Crippen LogP contribution in [0.1, 0.15) is 11.4 Å². The van der Waals surface area contributed by atoms with Crippen LogP contribution in [0.3, 0.4) is 0 Å². The number of nitrogens with zero attached hydrogens (tertiary/aromatic N) is 4. The van der Waals surface area contributed by atoms with E-state index in [2.05, 4.69) is 25.8 Å². The molecule has 0 radical (unpaired) electrons. The molecule has 1 aliphatic rings. The minimum Gasteiger partial charge on any atom is -0.383 e. The average molecular weight is 445 g/mol. The largest absolute Gasteiger partial charge is 0.383 e. The minimum absolute atomic E-state index is 0.0462. The highest BCUT2D eigenvalue weighted by Gasteiger charge is 2.31. The SMILES string of the molecule is COCCNC1CCN(C(=O)Nc2cc3cc(-c4nnc(C)s4)ccc3cn2)C[C@@H]1F. The molecule has 2 N–H and O–H groups in total. The van der Waals surface area contributed by atoms with Crippen molar-refractivity contribution in [1.82, 2.24) is 25.4 Å². The summed E-state index contributed by atoms with van der Waals surface area (Å²) in [5, 5.41) is 17.8. The summed E-state index contributed by atoms with van der Waals surface area (Å²) >= 11 is 1.53. The average Bonchev–Trinajstić information content (AvgIpc) is 3.20. The molecule has 31 heavy (non-hydrogen) atoms. The molecule has 1 saturated heterocycles. The number of fused-ring (bicyclic) bond motifs is 1. The number of anilines is 1. The van der Waals surface area contributed by atoms with Crippen molar-refractivity contribution < 1.29 is 13.9 Å². The molecule has 3 aromatic rings. The van der Waals surface area contributed by atoms with E-state index in [0.717, 1.165) is 26.4 Å². The van der Waals surface area contributed by atoms with Crippen molar-refractivity contribution in [2.45, 2.75) is 25.6 Å². The smallest absolute Gasteiger partial charge is 0.323 e. The number of nitrogens with one attached hydrogen (secondary N) is 2. The van der Waals surface area contributed by atoms with E-state index < -0.39 is 6.17 Å². The number of carbonyl (C=O) groups excluding carboxylic acids is 1. The Labute approximate surface area is 183 Å². The predicted octanol–water partition coefficient (Wildman–Crippen LogP) is 3.24. The summed E-state index contributed by atoms with van der Waals surface area (Å²) in [7, 11) is 1.61. The van der Waals surface area contributed by atoms with Crippen LogP contribution < -0.4 is 10.6 Å². The maximum absolute atomic E-state index is 14.5. The van der Waals surface area contributed by atoms with Crippen LogP contribution in [0.2, 0.25) is 0 Å². The zero-order valence-corrected chi connectivity index (χ0v) is 18.3. The van der Waals surface area contributed by atoms with Crippen molar-refractivity contribution in [3.8, 4) is 10.6 Å². The molecule has 2 atom stereocenters. The number of alkyl halides is 1. The van der Waals surface area contributed by atoms with E-state index in [1.165, 1.54) is 16.2 Å². The number of pyridine rings is 1. The summed E-state index contributed by atoms with van der Waals surface area (Å²) < 4.78 is 19.5. The van der Waals surface area contributed by atoms with Gasteiger partial charge in [0, 0.05) is 43.4 Å². The Balaban J connectivity index is 1.41. The lowest BCUT2D eigenvalue weighted by Gasteiger charge is -2.35. The van der Waals surface area contributed by atoms with Gasteiger partial charge in [-0.05, 0) is 30.9 Å². The lowest BCUT2D eigenvalue weighted by Crippen LogP contribution is -2.53. The molecule has 2 amide bonds. The van der Waals surface area contributed by atoms with Crippen molar-refractivity contribution in [1.29, 1.82) is 0 Å². The van der Waals surface area contributed by atoms with Gasteiger partial charge in [0.1, 0.15) is 22.0 Å². The van der Waals surface area contributed by atoms with E-state index in [4.69, 9.17) is 4.74 Å². The summed E-state index contributed by atoms with van der Waals surface area (Å²) in [5.41, 5.74) is 0.963. The second-order valence-electron chi connectivity index (χ2n) is 7.49. The first-order valence-corrected chi connectivity index (χ1v) is 11.0. The molecular formula is C21H25FN6O2S. The van der Waals surface area contributed by atoms with Gasteiger partial charge in [-0.25, -0.2) is 14.2 Å². The molecule has 1 aliphatic heterocycles. The first kappa shape index (κ1) is 21.5. The Morgan fingerprint density at radius 2 is 2.19 bits per heavy atom. The van der Waals surface area contributed by atoms with Gasteiger partial charge in [-0.3, -0.25) is 5.32 Å². The number of hydrogen-bond donors (Lipinski definition) is 2. The zero-order valence-electron chi connectivity index (χ0n) is 17.5. The number of piperidine rings is 1. The Kier molecular flexibility index (Phi) is 6.69. The van der Waals surface area contributed by atoms with Crippen LogP contribution >= 0.6 is 11.3 Å². The number of aryl methyl sites for hydroxylation is 1. The predicted molar refractivity (Wildman–Crippen MR) is 119 cm³/mol. The summed E-state index contributed by atoms with van der Waals surface area (Å²) in [4.78, 5) is 18.5. The van der Waals surface area contributed by atoms with Gasteiger partial charge in [-0.1, -0.05) is 23.5 Å². The Bertz CT molecular complexity index is 1060. The molecule has 0 aliphatic carbocycles. The molecule has 4 rings (SSSR count). The third-order valence-electron chi connectivity index (χ3n) is 5.27. The number of urea groups is 1. The molecule has 0 spiro atoms. The third kappa shape index (κ3) is 5.15. The summed E-state index contributed by atoms with van der Waals surface area (Å²) in [5.74, 6) is 0.429. The molecule has 3 heterocycles. The van der Waals surface area contributed by atoms with Gasteiger partial charge in [0.15, 0.2) is 0 Å². The van der Waals surface area contributed by atoms with E-state index >= 15 is 0 Å². The quantitative estimate of drug-likeness (QED) is 0.567. The van der Waals surface area contributed by atoms with Crippen molar-refractivity contribution in [3.05, 3.63) is 35.5 Å². The molecule has 2 aromatic heterocycles. The summed E-state index contributed by atoms with van der Waals surface area (Å²) in [6.07, 6.45) is 1.14. The highest BCUT2D eigenvalue weighted by molar-refractivity contribution is 7.14. The number of rotatable bonds is 6. The zero-order chi connectivity index (χ0) is 21.8. The van der Waals surface area contributed by atoms with E-state index in [0.29, 0.717) is 31.9 Å². The van der Waals surface area contributed by atoms with E-state index in [1.807, 2.05) is 31.2 Å². The first-order chi connectivity index (χ1) is 15.0. The van der Waals surface area contributed by atoms with Crippen LogP contribution in [0.4, 0.5) is 15.0 Å². The number of hydrogen-bond acceptors (Lipinski definition) is 7. The minimum atomic E-state index is -1.13. The van der Waals surface area contributed by atoms with Gasteiger partial charge in [0.25, 0.3) is 0 Å². The lowest BCUT2D eigenvalue weighted by atomic mass is 10.0. The highest BCUT2D eigenvalue weighted by Crippen LogP contribution is 2.27. The van der Waals surface area contributed by atoms with Crippen molar-refractivity contribution >= 4 is 34.0 Å². The van der Waals surface area contributed by atoms with Crippen LogP contribution in [-0.2, 0) is 4.74 Å². The van der Waals surface area contributed by atoms with E-state index in [-0.39, 0.29) is 18.6 Å². The number of ether oxygens (including phenoxy) is 1. The Morgan fingerprint density at radius 3 is 2.94 bits per heavy atom. The molecule has 164 valence electrons.